The Labute approximate surface area is 147 Å². The number of anilines is 3. The van der Waals surface area contributed by atoms with Gasteiger partial charge in [0.1, 0.15) is 5.82 Å². The van der Waals surface area contributed by atoms with Crippen LogP contribution >= 0.6 is 0 Å². The van der Waals surface area contributed by atoms with Crippen LogP contribution in [0.15, 0.2) is 34.7 Å². The van der Waals surface area contributed by atoms with E-state index in [1.165, 1.54) is 25.7 Å². The van der Waals surface area contributed by atoms with Crippen LogP contribution in [0.3, 0.4) is 0 Å². The van der Waals surface area contributed by atoms with Crippen LogP contribution in [0.25, 0.3) is 0 Å². The summed E-state index contributed by atoms with van der Waals surface area (Å²) in [6, 6.07) is 9.34. The second-order valence-electron chi connectivity index (χ2n) is 6.31. The van der Waals surface area contributed by atoms with E-state index in [0.29, 0.717) is 29.4 Å². The minimum absolute atomic E-state index is 0.445. The molecule has 132 valence electrons. The van der Waals surface area contributed by atoms with Gasteiger partial charge < -0.3 is 18.4 Å². The molecule has 2 aliphatic carbocycles. The molecule has 2 aliphatic rings. The Morgan fingerprint density at radius 1 is 1.08 bits per heavy atom. The highest BCUT2D eigenvalue weighted by molar-refractivity contribution is 7.68. The molecule has 0 amide bonds. The Morgan fingerprint density at radius 2 is 1.84 bits per heavy atom. The van der Waals surface area contributed by atoms with Crippen LogP contribution in [-0.4, -0.2) is 20.6 Å². The van der Waals surface area contributed by atoms with Crippen LogP contribution in [0.2, 0.25) is 0 Å². The molecule has 2 saturated carbocycles. The van der Waals surface area contributed by atoms with Gasteiger partial charge in [-0.25, -0.2) is 4.98 Å². The van der Waals surface area contributed by atoms with Crippen LogP contribution in [0.4, 0.5) is 23.1 Å². The highest BCUT2D eigenvalue weighted by Gasteiger charge is 2.27. The molecular weight excluding hydrogens is 340 g/mol. The van der Waals surface area contributed by atoms with Gasteiger partial charge in [0.15, 0.2) is 0 Å². The first-order valence-corrected chi connectivity index (χ1v) is 9.32. The molecule has 2 fully saturated rings. The summed E-state index contributed by atoms with van der Waals surface area (Å²) in [4.78, 5) is 9.12. The molecule has 4 rings (SSSR count). The van der Waals surface area contributed by atoms with E-state index in [1.54, 1.807) is 24.3 Å². The minimum Gasteiger partial charge on any atom is -0.454 e. The maximum absolute atomic E-state index is 10.7. The summed E-state index contributed by atoms with van der Waals surface area (Å²) in [5.74, 6) is 1.93. The van der Waals surface area contributed by atoms with Gasteiger partial charge in [-0.05, 0) is 49.9 Å². The predicted octanol–water partition coefficient (Wildman–Crippen LogP) is 3.62. The number of nitrogens with zero attached hydrogens (tertiary/aromatic N) is 3. The molecule has 0 atom stereocenters. The maximum Gasteiger partial charge on any atom is 0.225 e. The monoisotopic (exact) mass is 359 g/mol. The quantitative estimate of drug-likeness (QED) is 0.339. The lowest BCUT2D eigenvalue weighted by Gasteiger charge is -2.12. The fourth-order valence-electron chi connectivity index (χ4n) is 2.43. The first-order chi connectivity index (χ1) is 12.2. The zero-order chi connectivity index (χ0) is 17.2. The lowest BCUT2D eigenvalue weighted by molar-refractivity contribution is 0.529. The largest absolute Gasteiger partial charge is 0.454 e. The number of rotatable bonds is 7. The summed E-state index contributed by atoms with van der Waals surface area (Å²) < 4.78 is 23.0. The van der Waals surface area contributed by atoms with Crippen molar-refractivity contribution in [1.29, 1.82) is 0 Å². The molecule has 25 heavy (non-hydrogen) atoms. The molecule has 4 N–H and O–H groups in total. The van der Waals surface area contributed by atoms with E-state index in [9.17, 15) is 4.21 Å². The first kappa shape index (κ1) is 16.1. The molecule has 1 aromatic carbocycles. The second-order valence-corrected chi connectivity index (χ2v) is 6.96. The Bertz CT molecular complexity index is 842. The summed E-state index contributed by atoms with van der Waals surface area (Å²) in [7, 11) is -2.20. The van der Waals surface area contributed by atoms with E-state index < -0.39 is 10.9 Å². The Balaban J connectivity index is 1.45. The van der Waals surface area contributed by atoms with Crippen LogP contribution in [-0.2, 0) is 15.1 Å². The smallest absolute Gasteiger partial charge is 0.225 e. The molecule has 0 radical (unpaired) electrons. The average Bonchev–Trinajstić information content (AvgIpc) is 3.47. The van der Waals surface area contributed by atoms with E-state index >= 15 is 0 Å². The molecule has 8 nitrogen and oxygen atoms in total. The van der Waals surface area contributed by atoms with Gasteiger partial charge in [-0.2, -0.15) is 4.98 Å². The van der Waals surface area contributed by atoms with Gasteiger partial charge >= 0.3 is 0 Å². The van der Waals surface area contributed by atoms with Crippen molar-refractivity contribution in [2.24, 2.45) is 4.36 Å². The normalized spacial score (nSPS) is 18.0. The maximum atomic E-state index is 10.7. The van der Waals surface area contributed by atoms with Crippen LogP contribution in [0, 0.1) is 0 Å². The van der Waals surface area contributed by atoms with Gasteiger partial charge in [0.05, 0.1) is 11.4 Å². The molecule has 0 bridgehead atoms. The van der Waals surface area contributed by atoms with E-state index in [0.717, 1.165) is 11.4 Å². The summed E-state index contributed by atoms with van der Waals surface area (Å²) in [6.45, 7) is 0. The van der Waals surface area contributed by atoms with E-state index in [1.807, 2.05) is 6.07 Å². The van der Waals surface area contributed by atoms with Gasteiger partial charge in [-0.1, -0.05) is 10.9 Å². The van der Waals surface area contributed by atoms with Gasteiger partial charge in [-0.3, -0.25) is 10.9 Å². The zero-order valence-corrected chi connectivity index (χ0v) is 14.3. The average molecular weight is 359 g/mol. The van der Waals surface area contributed by atoms with E-state index in [2.05, 4.69) is 30.5 Å². The fraction of sp³-hybridized carbons (Fsp3) is 0.375. The van der Waals surface area contributed by atoms with Crippen molar-refractivity contribution in [3.05, 3.63) is 36.0 Å². The minimum atomic E-state index is -2.20. The standard InChI is InChI=1S/C16H19N6O2S/c23-25(24)22-13-7-5-12(6-8-13)20-21-15-9-14(10-1-2-10)18-16(19-15)17-11-3-4-11/h5-11,20H,1-4H2,(H,22,23,24)(H2,17,18,19,21)/q-1. The lowest BCUT2D eigenvalue weighted by Crippen LogP contribution is -2.13. The Hall–Kier alpha value is -2.39. The SMILES string of the molecule is O=[S-](O)=Nc1ccc(NNc2cc(C3CC3)nc(NC3CC3)n2)cc1. The van der Waals surface area contributed by atoms with E-state index in [4.69, 9.17) is 4.55 Å². The third-order valence-electron chi connectivity index (χ3n) is 4.04. The molecule has 1 aromatic heterocycles. The third kappa shape index (κ3) is 4.58. The summed E-state index contributed by atoms with van der Waals surface area (Å²) in [5.41, 5.74) is 8.49. The van der Waals surface area contributed by atoms with Crippen molar-refractivity contribution in [2.75, 3.05) is 16.2 Å². The lowest BCUT2D eigenvalue weighted by atomic mass is 10.3. The van der Waals surface area contributed by atoms with Crippen LogP contribution in [0.1, 0.15) is 37.3 Å². The number of hydrogen-bond donors (Lipinski definition) is 4. The van der Waals surface area contributed by atoms with Gasteiger partial charge in [-0.15, -0.1) is 0 Å². The number of benzene rings is 1. The second kappa shape index (κ2) is 6.85. The van der Waals surface area contributed by atoms with Crippen molar-refractivity contribution in [1.82, 2.24) is 9.97 Å². The number of hydrogen-bond acceptors (Lipinski definition) is 8. The third-order valence-corrected chi connectivity index (χ3v) is 4.40. The summed E-state index contributed by atoms with van der Waals surface area (Å²) in [5, 5.41) is 3.35. The number of hydrazine groups is 1. The Morgan fingerprint density at radius 3 is 2.48 bits per heavy atom. The Kier molecular flexibility index (Phi) is 4.41. The number of aromatic nitrogens is 2. The molecule has 0 spiro atoms. The summed E-state index contributed by atoms with van der Waals surface area (Å²) >= 11 is 0. The molecule has 0 unspecified atom stereocenters. The van der Waals surface area contributed by atoms with E-state index in [-0.39, 0.29) is 0 Å². The van der Waals surface area contributed by atoms with Crippen molar-refractivity contribution < 1.29 is 8.76 Å². The molecule has 2 aromatic rings. The zero-order valence-electron chi connectivity index (χ0n) is 13.5. The highest BCUT2D eigenvalue weighted by atomic mass is 32.2. The van der Waals surface area contributed by atoms with Gasteiger partial charge in [0.2, 0.25) is 5.95 Å². The van der Waals surface area contributed by atoms with Crippen molar-refractivity contribution >= 4 is 34.0 Å². The van der Waals surface area contributed by atoms with Crippen molar-refractivity contribution in [3.8, 4) is 0 Å². The topological polar surface area (TPSA) is 112 Å². The van der Waals surface area contributed by atoms with Gasteiger partial charge in [0, 0.05) is 23.7 Å². The molecule has 0 aliphatic heterocycles. The van der Waals surface area contributed by atoms with Crippen molar-refractivity contribution in [2.45, 2.75) is 37.6 Å². The molecular formula is C16H19N6O2S-. The van der Waals surface area contributed by atoms with Gasteiger partial charge in [0.25, 0.3) is 0 Å². The molecule has 1 heterocycles. The predicted molar refractivity (Wildman–Crippen MR) is 97.1 cm³/mol. The molecule has 9 heteroatoms. The first-order valence-electron chi connectivity index (χ1n) is 8.26. The highest BCUT2D eigenvalue weighted by Crippen LogP contribution is 2.40. The van der Waals surface area contributed by atoms with Crippen molar-refractivity contribution in [3.63, 3.8) is 0 Å². The van der Waals surface area contributed by atoms with Crippen LogP contribution < -0.4 is 16.2 Å². The number of nitrogens with one attached hydrogen (secondary N) is 3. The summed E-state index contributed by atoms with van der Waals surface area (Å²) in [6.07, 6.45) is 4.72. The fourth-order valence-corrected chi connectivity index (χ4v) is 2.73. The van der Waals surface area contributed by atoms with Crippen LogP contribution in [0.5, 0.6) is 0 Å². The molecule has 0 saturated heterocycles.